The molecule has 0 aromatic carbocycles. The Balaban J connectivity index is 2.52. The van der Waals surface area contributed by atoms with Crippen LogP contribution in [0.4, 0.5) is 0 Å². The molecule has 16 heavy (non-hydrogen) atoms. The lowest BCUT2D eigenvalue weighted by molar-refractivity contribution is 0.585. The topological polar surface area (TPSA) is 24.9 Å². The summed E-state index contributed by atoms with van der Waals surface area (Å²) in [7, 11) is 0. The summed E-state index contributed by atoms with van der Waals surface area (Å²) in [6.45, 7) is 12.0. The maximum Gasteiger partial charge on any atom is 0.0931 e. The standard InChI is InChI=1S/C13H24N2S/c1-9(2)6-7-13-15-11(5)12(16-13)8-14-10(3)4/h9-10,14H,6-8H2,1-5H3. The van der Waals surface area contributed by atoms with Crippen LogP contribution in [0.3, 0.4) is 0 Å². The van der Waals surface area contributed by atoms with Crippen LogP contribution in [0, 0.1) is 12.8 Å². The van der Waals surface area contributed by atoms with Crippen molar-refractivity contribution < 1.29 is 0 Å². The largest absolute Gasteiger partial charge is 0.310 e. The minimum absolute atomic E-state index is 0.542. The Kier molecular flexibility index (Phi) is 5.42. The second-order valence-corrected chi connectivity index (χ2v) is 6.25. The van der Waals surface area contributed by atoms with Gasteiger partial charge in [-0.3, -0.25) is 0 Å². The summed E-state index contributed by atoms with van der Waals surface area (Å²) in [5.74, 6) is 0.765. The molecule has 0 saturated heterocycles. The van der Waals surface area contributed by atoms with Crippen molar-refractivity contribution in [2.75, 3.05) is 0 Å². The smallest absolute Gasteiger partial charge is 0.0931 e. The van der Waals surface area contributed by atoms with Crippen molar-refractivity contribution in [3.05, 3.63) is 15.6 Å². The van der Waals surface area contributed by atoms with E-state index in [1.165, 1.54) is 22.0 Å². The zero-order valence-electron chi connectivity index (χ0n) is 11.1. The Morgan fingerprint density at radius 3 is 2.50 bits per heavy atom. The van der Waals surface area contributed by atoms with E-state index < -0.39 is 0 Å². The normalized spacial score (nSPS) is 11.7. The maximum atomic E-state index is 4.64. The lowest BCUT2D eigenvalue weighted by atomic mass is 10.1. The first-order valence-electron chi connectivity index (χ1n) is 6.17. The summed E-state index contributed by atoms with van der Waals surface area (Å²) in [6.07, 6.45) is 2.37. The molecule has 1 aromatic heterocycles. The minimum atomic E-state index is 0.542. The molecule has 0 aliphatic heterocycles. The molecule has 0 atom stereocenters. The van der Waals surface area contributed by atoms with E-state index in [1.54, 1.807) is 0 Å². The molecule has 1 aromatic rings. The van der Waals surface area contributed by atoms with Gasteiger partial charge < -0.3 is 5.32 Å². The van der Waals surface area contributed by atoms with Crippen LogP contribution in [-0.4, -0.2) is 11.0 Å². The van der Waals surface area contributed by atoms with E-state index in [4.69, 9.17) is 0 Å². The fourth-order valence-corrected chi connectivity index (χ4v) is 2.50. The Morgan fingerprint density at radius 1 is 1.25 bits per heavy atom. The zero-order chi connectivity index (χ0) is 12.1. The van der Waals surface area contributed by atoms with Crippen LogP contribution in [0.5, 0.6) is 0 Å². The molecule has 0 unspecified atom stereocenters. The fraction of sp³-hybridized carbons (Fsp3) is 0.769. The van der Waals surface area contributed by atoms with Crippen LogP contribution in [0.2, 0.25) is 0 Å². The van der Waals surface area contributed by atoms with E-state index >= 15 is 0 Å². The average molecular weight is 240 g/mol. The summed E-state index contributed by atoms with van der Waals surface area (Å²) in [4.78, 5) is 6.03. The predicted octanol–water partition coefficient (Wildman–Crippen LogP) is 3.54. The Labute approximate surface area is 103 Å². The number of hydrogen-bond acceptors (Lipinski definition) is 3. The third-order valence-electron chi connectivity index (χ3n) is 2.54. The van der Waals surface area contributed by atoms with Gasteiger partial charge in [0.15, 0.2) is 0 Å². The van der Waals surface area contributed by atoms with Gasteiger partial charge in [-0.2, -0.15) is 0 Å². The van der Waals surface area contributed by atoms with E-state index in [2.05, 4.69) is 44.9 Å². The first-order valence-corrected chi connectivity index (χ1v) is 6.99. The van der Waals surface area contributed by atoms with Gasteiger partial charge >= 0.3 is 0 Å². The molecule has 0 spiro atoms. The molecular weight excluding hydrogens is 216 g/mol. The van der Waals surface area contributed by atoms with Crippen molar-refractivity contribution in [3.8, 4) is 0 Å². The van der Waals surface area contributed by atoms with E-state index in [1.807, 2.05) is 11.3 Å². The van der Waals surface area contributed by atoms with Crippen LogP contribution in [0.25, 0.3) is 0 Å². The number of nitrogens with one attached hydrogen (secondary N) is 1. The number of aromatic nitrogens is 1. The third kappa shape index (κ3) is 4.62. The highest BCUT2D eigenvalue weighted by Gasteiger charge is 2.08. The minimum Gasteiger partial charge on any atom is -0.310 e. The molecule has 0 aliphatic rings. The molecule has 1 heterocycles. The fourth-order valence-electron chi connectivity index (χ4n) is 1.47. The van der Waals surface area contributed by atoms with Gasteiger partial charge in [0.1, 0.15) is 0 Å². The van der Waals surface area contributed by atoms with Crippen molar-refractivity contribution >= 4 is 11.3 Å². The van der Waals surface area contributed by atoms with E-state index in [9.17, 15) is 0 Å². The first kappa shape index (κ1) is 13.7. The Hall–Kier alpha value is -0.410. The van der Waals surface area contributed by atoms with Crippen LogP contribution in [0.15, 0.2) is 0 Å². The number of nitrogens with zero attached hydrogens (tertiary/aromatic N) is 1. The lowest BCUT2D eigenvalue weighted by Crippen LogP contribution is -2.21. The quantitative estimate of drug-likeness (QED) is 0.822. The van der Waals surface area contributed by atoms with Gasteiger partial charge in [-0.1, -0.05) is 27.7 Å². The van der Waals surface area contributed by atoms with Crippen LogP contribution >= 0.6 is 11.3 Å². The highest BCUT2D eigenvalue weighted by Crippen LogP contribution is 2.20. The molecule has 0 saturated carbocycles. The molecule has 1 N–H and O–H groups in total. The van der Waals surface area contributed by atoms with Crippen LogP contribution in [0.1, 0.15) is 49.7 Å². The van der Waals surface area contributed by atoms with Gasteiger partial charge in [0.25, 0.3) is 0 Å². The number of thiazole rings is 1. The molecule has 2 nitrogen and oxygen atoms in total. The summed E-state index contributed by atoms with van der Waals surface area (Å²) in [5, 5.41) is 4.75. The van der Waals surface area contributed by atoms with Crippen molar-refractivity contribution in [3.63, 3.8) is 0 Å². The molecular formula is C13H24N2S. The van der Waals surface area contributed by atoms with E-state index in [0.717, 1.165) is 18.9 Å². The van der Waals surface area contributed by atoms with Gasteiger partial charge in [0.05, 0.1) is 10.7 Å². The van der Waals surface area contributed by atoms with Gasteiger partial charge in [-0.05, 0) is 25.7 Å². The number of hydrogen-bond donors (Lipinski definition) is 1. The number of aryl methyl sites for hydroxylation is 2. The SMILES string of the molecule is Cc1nc(CCC(C)C)sc1CNC(C)C. The molecule has 92 valence electrons. The third-order valence-corrected chi connectivity index (χ3v) is 3.76. The second kappa shape index (κ2) is 6.36. The van der Waals surface area contributed by atoms with Gasteiger partial charge in [-0.25, -0.2) is 4.98 Å². The van der Waals surface area contributed by atoms with Crippen molar-refractivity contribution in [2.45, 2.75) is 60.0 Å². The lowest BCUT2D eigenvalue weighted by Gasteiger charge is -2.05. The van der Waals surface area contributed by atoms with Crippen molar-refractivity contribution in [2.24, 2.45) is 5.92 Å². The van der Waals surface area contributed by atoms with E-state index in [-0.39, 0.29) is 0 Å². The number of rotatable bonds is 6. The van der Waals surface area contributed by atoms with Crippen molar-refractivity contribution in [1.29, 1.82) is 0 Å². The average Bonchev–Trinajstić information content (AvgIpc) is 2.53. The van der Waals surface area contributed by atoms with Gasteiger partial charge in [-0.15, -0.1) is 11.3 Å². The maximum absolute atomic E-state index is 4.64. The first-order chi connectivity index (χ1) is 7.49. The molecule has 0 bridgehead atoms. The Morgan fingerprint density at radius 2 is 1.94 bits per heavy atom. The zero-order valence-corrected chi connectivity index (χ0v) is 11.9. The van der Waals surface area contributed by atoms with Crippen molar-refractivity contribution in [1.82, 2.24) is 10.3 Å². The van der Waals surface area contributed by atoms with E-state index in [0.29, 0.717) is 6.04 Å². The van der Waals surface area contributed by atoms with Gasteiger partial charge in [0.2, 0.25) is 0 Å². The molecule has 1 rings (SSSR count). The molecule has 0 aliphatic carbocycles. The molecule has 3 heteroatoms. The summed E-state index contributed by atoms with van der Waals surface area (Å²) in [6, 6.07) is 0.542. The summed E-state index contributed by atoms with van der Waals surface area (Å²) >= 11 is 1.87. The second-order valence-electron chi connectivity index (χ2n) is 5.08. The predicted molar refractivity (Wildman–Crippen MR) is 72.0 cm³/mol. The summed E-state index contributed by atoms with van der Waals surface area (Å²) in [5.41, 5.74) is 1.21. The Bertz CT molecular complexity index is 316. The molecule has 0 fully saturated rings. The summed E-state index contributed by atoms with van der Waals surface area (Å²) < 4.78 is 0. The highest BCUT2D eigenvalue weighted by atomic mass is 32.1. The highest BCUT2D eigenvalue weighted by molar-refractivity contribution is 7.11. The monoisotopic (exact) mass is 240 g/mol. The van der Waals surface area contributed by atoms with Gasteiger partial charge in [0, 0.05) is 17.5 Å². The van der Waals surface area contributed by atoms with Crippen LogP contribution < -0.4 is 5.32 Å². The van der Waals surface area contributed by atoms with Crippen LogP contribution in [-0.2, 0) is 13.0 Å². The molecule has 0 radical (unpaired) electrons. The molecule has 0 amide bonds.